The lowest BCUT2D eigenvalue weighted by atomic mass is 10.0. The Labute approximate surface area is 109 Å². The van der Waals surface area contributed by atoms with Gasteiger partial charge in [-0.25, -0.2) is 0 Å². The summed E-state index contributed by atoms with van der Waals surface area (Å²) in [4.78, 5) is 15.6. The van der Waals surface area contributed by atoms with Gasteiger partial charge < -0.3 is 10.8 Å². The van der Waals surface area contributed by atoms with Crippen molar-refractivity contribution in [2.45, 2.75) is 50.7 Å². The molecule has 2 aliphatic heterocycles. The molecule has 0 aromatic carbocycles. The van der Waals surface area contributed by atoms with Crippen LogP contribution >= 0.6 is 0 Å². The highest BCUT2D eigenvalue weighted by Gasteiger charge is 2.32. The molecule has 2 fully saturated rings. The van der Waals surface area contributed by atoms with Crippen LogP contribution in [0.1, 0.15) is 32.6 Å². The fraction of sp³-hybridized carbons (Fsp3) is 0.923. The summed E-state index contributed by atoms with van der Waals surface area (Å²) in [6, 6.07) is 1.14. The van der Waals surface area contributed by atoms with Crippen molar-refractivity contribution in [3.63, 3.8) is 0 Å². The number of hydrogen-bond acceptors (Lipinski definition) is 4. The van der Waals surface area contributed by atoms with Crippen molar-refractivity contribution in [3.8, 4) is 0 Å². The molecule has 0 aromatic heterocycles. The van der Waals surface area contributed by atoms with Gasteiger partial charge in [0.25, 0.3) is 0 Å². The van der Waals surface area contributed by atoms with Crippen LogP contribution in [0.2, 0.25) is 0 Å². The van der Waals surface area contributed by atoms with Gasteiger partial charge in [-0.05, 0) is 39.3 Å². The van der Waals surface area contributed by atoms with Gasteiger partial charge in [-0.1, -0.05) is 0 Å². The Hall–Kier alpha value is -0.650. The van der Waals surface area contributed by atoms with E-state index in [1.54, 1.807) is 0 Å². The van der Waals surface area contributed by atoms with E-state index in [1.807, 2.05) is 6.92 Å². The molecular formula is C13H25N3O2. The molecule has 2 atom stereocenters. The molecule has 5 nitrogen and oxygen atoms in total. The van der Waals surface area contributed by atoms with Gasteiger partial charge in [-0.15, -0.1) is 0 Å². The van der Waals surface area contributed by atoms with Crippen molar-refractivity contribution in [2.24, 2.45) is 5.73 Å². The second-order valence-electron chi connectivity index (χ2n) is 5.76. The standard InChI is InChI=1S/C13H25N3O2/c1-10(8-13(17)18)16-7-4-12(9-16)15-5-2-11(14)3-6-15/h10-12H,2-9,14H2,1H3,(H,17,18). The van der Waals surface area contributed by atoms with Gasteiger partial charge in [0.1, 0.15) is 0 Å². The molecule has 2 rings (SSSR count). The number of carbonyl (C=O) groups is 1. The van der Waals surface area contributed by atoms with E-state index in [4.69, 9.17) is 10.8 Å². The third-order valence-corrected chi connectivity index (χ3v) is 4.38. The van der Waals surface area contributed by atoms with Crippen molar-refractivity contribution in [3.05, 3.63) is 0 Å². The van der Waals surface area contributed by atoms with E-state index >= 15 is 0 Å². The minimum absolute atomic E-state index is 0.152. The average Bonchev–Trinajstić information content (AvgIpc) is 2.78. The third-order valence-electron chi connectivity index (χ3n) is 4.38. The summed E-state index contributed by atoms with van der Waals surface area (Å²) in [5, 5.41) is 8.84. The van der Waals surface area contributed by atoms with Crippen LogP contribution < -0.4 is 5.73 Å². The zero-order valence-electron chi connectivity index (χ0n) is 11.2. The molecule has 0 spiro atoms. The first-order chi connectivity index (χ1) is 8.56. The molecular weight excluding hydrogens is 230 g/mol. The quantitative estimate of drug-likeness (QED) is 0.758. The van der Waals surface area contributed by atoms with Gasteiger partial charge in [0.2, 0.25) is 0 Å². The Bertz CT molecular complexity index is 290. The van der Waals surface area contributed by atoms with Crippen LogP contribution in [-0.4, -0.2) is 65.2 Å². The van der Waals surface area contributed by atoms with Crippen LogP contribution in [0, 0.1) is 0 Å². The highest BCUT2D eigenvalue weighted by atomic mass is 16.4. The number of carboxylic acids is 1. The Balaban J connectivity index is 1.79. The molecule has 3 N–H and O–H groups in total. The summed E-state index contributed by atoms with van der Waals surface area (Å²) in [5.74, 6) is -0.699. The number of aliphatic carboxylic acids is 1. The van der Waals surface area contributed by atoms with Gasteiger partial charge in [0, 0.05) is 31.2 Å². The Kier molecular flexibility index (Phi) is 4.59. The number of rotatable bonds is 4. The van der Waals surface area contributed by atoms with Crippen molar-refractivity contribution < 1.29 is 9.90 Å². The molecule has 0 amide bonds. The molecule has 0 saturated carbocycles. The largest absolute Gasteiger partial charge is 0.481 e. The van der Waals surface area contributed by atoms with E-state index in [0.717, 1.165) is 39.0 Å². The summed E-state index contributed by atoms with van der Waals surface area (Å²) < 4.78 is 0. The van der Waals surface area contributed by atoms with Gasteiger partial charge in [-0.2, -0.15) is 0 Å². The summed E-state index contributed by atoms with van der Waals surface area (Å²) in [6.45, 7) is 6.27. The number of nitrogens with two attached hydrogens (primary N) is 1. The first-order valence-electron chi connectivity index (χ1n) is 7.01. The fourth-order valence-corrected chi connectivity index (χ4v) is 3.13. The second kappa shape index (κ2) is 5.99. The summed E-state index contributed by atoms with van der Waals surface area (Å²) in [6.07, 6.45) is 3.61. The van der Waals surface area contributed by atoms with E-state index in [-0.39, 0.29) is 12.5 Å². The lowest BCUT2D eigenvalue weighted by Gasteiger charge is -2.35. The minimum atomic E-state index is -0.699. The third kappa shape index (κ3) is 3.43. The predicted molar refractivity (Wildman–Crippen MR) is 70.5 cm³/mol. The molecule has 2 saturated heterocycles. The zero-order chi connectivity index (χ0) is 13.1. The summed E-state index contributed by atoms with van der Waals surface area (Å²) in [7, 11) is 0. The van der Waals surface area contributed by atoms with E-state index in [9.17, 15) is 4.79 Å². The predicted octanol–water partition coefficient (Wildman–Crippen LogP) is 0.347. The van der Waals surface area contributed by atoms with Crippen LogP contribution in [0.3, 0.4) is 0 Å². The fourth-order valence-electron chi connectivity index (χ4n) is 3.13. The number of nitrogens with zero attached hydrogens (tertiary/aromatic N) is 2. The maximum absolute atomic E-state index is 10.7. The van der Waals surface area contributed by atoms with Gasteiger partial charge in [0.05, 0.1) is 6.42 Å². The van der Waals surface area contributed by atoms with Crippen molar-refractivity contribution in [2.75, 3.05) is 26.2 Å². The number of piperidine rings is 1. The van der Waals surface area contributed by atoms with Crippen molar-refractivity contribution in [1.29, 1.82) is 0 Å². The van der Waals surface area contributed by atoms with E-state index in [2.05, 4.69) is 9.80 Å². The van der Waals surface area contributed by atoms with Crippen molar-refractivity contribution >= 4 is 5.97 Å². The zero-order valence-corrected chi connectivity index (χ0v) is 11.2. The van der Waals surface area contributed by atoms with Crippen LogP contribution in [0.25, 0.3) is 0 Å². The molecule has 104 valence electrons. The lowest BCUT2D eigenvalue weighted by molar-refractivity contribution is -0.138. The van der Waals surface area contributed by atoms with E-state index in [0.29, 0.717) is 12.1 Å². The summed E-state index contributed by atoms with van der Waals surface area (Å²) in [5.41, 5.74) is 5.92. The second-order valence-corrected chi connectivity index (χ2v) is 5.76. The Morgan fingerprint density at radius 3 is 2.61 bits per heavy atom. The van der Waals surface area contributed by atoms with Crippen LogP contribution in [0.15, 0.2) is 0 Å². The maximum atomic E-state index is 10.7. The molecule has 0 aromatic rings. The molecule has 5 heteroatoms. The van der Waals surface area contributed by atoms with Gasteiger partial charge >= 0.3 is 5.97 Å². The minimum Gasteiger partial charge on any atom is -0.481 e. The van der Waals surface area contributed by atoms with Crippen LogP contribution in [-0.2, 0) is 4.79 Å². The molecule has 2 heterocycles. The smallest absolute Gasteiger partial charge is 0.304 e. The summed E-state index contributed by atoms with van der Waals surface area (Å²) >= 11 is 0. The molecule has 2 aliphatic rings. The number of hydrogen-bond donors (Lipinski definition) is 2. The highest BCUT2D eigenvalue weighted by molar-refractivity contribution is 5.67. The normalized spacial score (nSPS) is 29.6. The highest BCUT2D eigenvalue weighted by Crippen LogP contribution is 2.22. The molecule has 0 radical (unpaired) electrons. The number of likely N-dealkylation sites (tertiary alicyclic amines) is 2. The average molecular weight is 255 g/mol. The maximum Gasteiger partial charge on any atom is 0.304 e. The lowest BCUT2D eigenvalue weighted by Crippen LogP contribution is -2.46. The Morgan fingerprint density at radius 1 is 1.33 bits per heavy atom. The topological polar surface area (TPSA) is 69.8 Å². The van der Waals surface area contributed by atoms with Crippen molar-refractivity contribution in [1.82, 2.24) is 9.80 Å². The van der Waals surface area contributed by atoms with Gasteiger partial charge in [-0.3, -0.25) is 14.6 Å². The van der Waals surface area contributed by atoms with E-state index < -0.39 is 5.97 Å². The first kappa shape index (κ1) is 13.8. The van der Waals surface area contributed by atoms with Crippen LogP contribution in [0.5, 0.6) is 0 Å². The molecule has 0 bridgehead atoms. The first-order valence-corrected chi connectivity index (χ1v) is 7.01. The van der Waals surface area contributed by atoms with Gasteiger partial charge in [0.15, 0.2) is 0 Å². The van der Waals surface area contributed by atoms with E-state index in [1.165, 1.54) is 6.42 Å². The van der Waals surface area contributed by atoms with Crippen LogP contribution in [0.4, 0.5) is 0 Å². The molecule has 18 heavy (non-hydrogen) atoms. The monoisotopic (exact) mass is 255 g/mol. The SMILES string of the molecule is CC(CC(=O)O)N1CCC(N2CCC(N)CC2)C1. The number of carboxylic acid groups (broad SMARTS) is 1. The molecule has 0 aliphatic carbocycles. The Morgan fingerprint density at radius 2 is 2.00 bits per heavy atom. The molecule has 2 unspecified atom stereocenters.